The molecule has 1 N–H and O–H groups in total. The molecule has 2 amide bonds. The molecule has 2 unspecified atom stereocenters. The van der Waals surface area contributed by atoms with E-state index in [-0.39, 0.29) is 17.6 Å². The zero-order valence-electron chi connectivity index (χ0n) is 20.0. The second-order valence-electron chi connectivity index (χ2n) is 9.46. The summed E-state index contributed by atoms with van der Waals surface area (Å²) in [6.07, 6.45) is 6.35. The quantitative estimate of drug-likeness (QED) is 0.309. The van der Waals surface area contributed by atoms with E-state index in [1.54, 1.807) is 47.4 Å². The number of hydrogen-bond acceptors (Lipinski definition) is 6. The molecular formula is C28H27N3O5. The lowest BCUT2D eigenvalue weighted by Crippen LogP contribution is -2.43. The molecule has 8 nitrogen and oxygen atoms in total. The molecule has 2 fully saturated rings. The Bertz CT molecular complexity index is 1280. The Kier molecular flexibility index (Phi) is 6.50. The smallest absolute Gasteiger partial charge is 0.295 e. The maximum absolute atomic E-state index is 13.7. The summed E-state index contributed by atoms with van der Waals surface area (Å²) >= 11 is 0. The van der Waals surface area contributed by atoms with Crippen LogP contribution in [-0.2, 0) is 14.4 Å². The van der Waals surface area contributed by atoms with Gasteiger partial charge in [-0.25, -0.2) is 0 Å². The standard InChI is InChI=1S/C28H27N3O5/c1-17(32)29-21-11-7-20(8-12-21)26(33)24-25(19-5-3-2-4-6-19)31(28(35)27(24)34)22-13-9-18(10-14-22)23-15-16-36-30-23/h7-16,19,24-25H,2-6H2,1H3,(H,29,32). The molecule has 0 bridgehead atoms. The minimum absolute atomic E-state index is 0.0527. The molecule has 1 aliphatic heterocycles. The molecule has 8 heteroatoms. The number of ketones is 2. The lowest BCUT2D eigenvalue weighted by molar-refractivity contribution is -0.135. The monoisotopic (exact) mass is 485 g/mol. The first-order chi connectivity index (χ1) is 17.4. The van der Waals surface area contributed by atoms with Crippen LogP contribution in [0.1, 0.15) is 49.4 Å². The summed E-state index contributed by atoms with van der Waals surface area (Å²) in [6.45, 7) is 1.41. The molecule has 2 heterocycles. The molecule has 1 saturated heterocycles. The summed E-state index contributed by atoms with van der Waals surface area (Å²) in [5.74, 6) is -2.90. The van der Waals surface area contributed by atoms with Crippen molar-refractivity contribution in [3.8, 4) is 11.3 Å². The Morgan fingerprint density at radius 3 is 2.25 bits per heavy atom. The largest absolute Gasteiger partial charge is 0.364 e. The van der Waals surface area contributed by atoms with Gasteiger partial charge in [0.05, 0.1) is 6.04 Å². The van der Waals surface area contributed by atoms with Crippen LogP contribution in [-0.4, -0.2) is 34.6 Å². The third-order valence-corrected chi connectivity index (χ3v) is 7.14. The van der Waals surface area contributed by atoms with E-state index < -0.39 is 23.7 Å². The minimum atomic E-state index is -1.07. The topological polar surface area (TPSA) is 110 Å². The fourth-order valence-corrected chi connectivity index (χ4v) is 5.47. The third kappa shape index (κ3) is 4.46. The predicted octanol–water partition coefficient (Wildman–Crippen LogP) is 4.66. The molecule has 0 spiro atoms. The van der Waals surface area contributed by atoms with Gasteiger partial charge in [-0.3, -0.25) is 19.2 Å². The Balaban J connectivity index is 1.49. The molecule has 1 saturated carbocycles. The summed E-state index contributed by atoms with van der Waals surface area (Å²) in [5, 5.41) is 6.61. The molecule has 2 aromatic carbocycles. The summed E-state index contributed by atoms with van der Waals surface area (Å²) in [5.41, 5.74) is 2.99. The van der Waals surface area contributed by atoms with Gasteiger partial charge in [0.2, 0.25) is 11.7 Å². The number of benzene rings is 2. The van der Waals surface area contributed by atoms with Gasteiger partial charge >= 0.3 is 0 Å². The van der Waals surface area contributed by atoms with Crippen LogP contribution >= 0.6 is 0 Å². The second kappa shape index (κ2) is 9.89. The van der Waals surface area contributed by atoms with Crippen LogP contribution in [0.5, 0.6) is 0 Å². The van der Waals surface area contributed by atoms with Crippen molar-refractivity contribution in [3.05, 3.63) is 66.4 Å². The molecule has 1 aromatic heterocycles. The fraction of sp³-hybridized carbons (Fsp3) is 0.321. The number of amides is 2. The highest BCUT2D eigenvalue weighted by Gasteiger charge is 2.54. The zero-order valence-corrected chi connectivity index (χ0v) is 20.0. The van der Waals surface area contributed by atoms with Crippen LogP contribution in [0.4, 0.5) is 11.4 Å². The van der Waals surface area contributed by atoms with E-state index in [0.29, 0.717) is 22.6 Å². The average Bonchev–Trinajstić information content (AvgIpc) is 3.52. The van der Waals surface area contributed by atoms with Gasteiger partial charge < -0.3 is 14.7 Å². The van der Waals surface area contributed by atoms with Crippen LogP contribution in [0.3, 0.4) is 0 Å². The van der Waals surface area contributed by atoms with Gasteiger partial charge in [0.15, 0.2) is 5.78 Å². The first-order valence-electron chi connectivity index (χ1n) is 12.2. The summed E-state index contributed by atoms with van der Waals surface area (Å²) in [7, 11) is 0. The van der Waals surface area contributed by atoms with Gasteiger partial charge in [-0.15, -0.1) is 0 Å². The van der Waals surface area contributed by atoms with Gasteiger partial charge in [0, 0.05) is 35.5 Å². The van der Waals surface area contributed by atoms with E-state index >= 15 is 0 Å². The van der Waals surface area contributed by atoms with Crippen LogP contribution < -0.4 is 10.2 Å². The van der Waals surface area contributed by atoms with Gasteiger partial charge in [0.25, 0.3) is 5.91 Å². The number of nitrogens with one attached hydrogen (secondary N) is 1. The van der Waals surface area contributed by atoms with Crippen molar-refractivity contribution in [2.75, 3.05) is 10.2 Å². The van der Waals surface area contributed by atoms with Crippen molar-refractivity contribution >= 4 is 34.8 Å². The Morgan fingerprint density at radius 2 is 1.64 bits per heavy atom. The Hall–Kier alpha value is -4.07. The van der Waals surface area contributed by atoms with E-state index in [9.17, 15) is 19.2 Å². The number of carbonyl (C=O) groups excluding carboxylic acids is 4. The van der Waals surface area contributed by atoms with E-state index in [1.165, 1.54) is 13.2 Å². The van der Waals surface area contributed by atoms with Gasteiger partial charge in [0.1, 0.15) is 17.9 Å². The molecule has 5 rings (SSSR count). The normalized spacial score (nSPS) is 20.5. The van der Waals surface area contributed by atoms with E-state index in [0.717, 1.165) is 37.7 Å². The zero-order chi connectivity index (χ0) is 25.2. The van der Waals surface area contributed by atoms with Crippen molar-refractivity contribution in [3.63, 3.8) is 0 Å². The number of anilines is 2. The van der Waals surface area contributed by atoms with E-state index in [1.807, 2.05) is 12.1 Å². The second-order valence-corrected chi connectivity index (χ2v) is 9.46. The van der Waals surface area contributed by atoms with Crippen molar-refractivity contribution in [1.82, 2.24) is 5.16 Å². The van der Waals surface area contributed by atoms with Crippen LogP contribution in [0.25, 0.3) is 11.3 Å². The lowest BCUT2D eigenvalue weighted by Gasteiger charge is -2.35. The van der Waals surface area contributed by atoms with Crippen molar-refractivity contribution in [1.29, 1.82) is 0 Å². The predicted molar refractivity (Wildman–Crippen MR) is 133 cm³/mol. The number of aromatic nitrogens is 1. The molecular weight excluding hydrogens is 458 g/mol. The molecule has 184 valence electrons. The minimum Gasteiger partial charge on any atom is -0.364 e. The maximum atomic E-state index is 13.7. The summed E-state index contributed by atoms with van der Waals surface area (Å²) in [6, 6.07) is 14.9. The van der Waals surface area contributed by atoms with Gasteiger partial charge in [-0.05, 0) is 55.2 Å². The van der Waals surface area contributed by atoms with E-state index in [4.69, 9.17) is 4.52 Å². The Morgan fingerprint density at radius 1 is 0.944 bits per heavy atom. The number of rotatable bonds is 6. The van der Waals surface area contributed by atoms with Gasteiger partial charge in [-0.1, -0.05) is 36.6 Å². The lowest BCUT2D eigenvalue weighted by atomic mass is 9.76. The molecule has 2 aliphatic rings. The highest BCUT2D eigenvalue weighted by atomic mass is 16.5. The molecule has 1 aliphatic carbocycles. The summed E-state index contributed by atoms with van der Waals surface area (Å²) < 4.78 is 4.92. The number of hydrogen-bond donors (Lipinski definition) is 1. The number of nitrogens with zero attached hydrogens (tertiary/aromatic N) is 2. The molecule has 2 atom stereocenters. The van der Waals surface area contributed by atoms with Crippen molar-refractivity contribution in [2.45, 2.75) is 45.1 Å². The number of Topliss-reactive ketones (excluding diaryl/α,β-unsaturated/α-hetero) is 2. The van der Waals surface area contributed by atoms with Crippen LogP contribution in [0.2, 0.25) is 0 Å². The third-order valence-electron chi connectivity index (χ3n) is 7.14. The maximum Gasteiger partial charge on any atom is 0.295 e. The van der Waals surface area contributed by atoms with Crippen molar-refractivity contribution in [2.24, 2.45) is 11.8 Å². The Labute approximate surface area is 208 Å². The molecule has 3 aromatic rings. The highest BCUT2D eigenvalue weighted by molar-refractivity contribution is 6.49. The average molecular weight is 486 g/mol. The molecule has 0 radical (unpaired) electrons. The van der Waals surface area contributed by atoms with Crippen molar-refractivity contribution < 1.29 is 23.7 Å². The van der Waals surface area contributed by atoms with E-state index in [2.05, 4.69) is 10.5 Å². The first kappa shape index (κ1) is 23.7. The van der Waals surface area contributed by atoms with Crippen LogP contribution in [0, 0.1) is 11.8 Å². The van der Waals surface area contributed by atoms with Crippen LogP contribution in [0.15, 0.2) is 65.4 Å². The molecule has 36 heavy (non-hydrogen) atoms. The highest BCUT2D eigenvalue weighted by Crippen LogP contribution is 2.41. The fourth-order valence-electron chi connectivity index (χ4n) is 5.47. The number of carbonyl (C=O) groups is 4. The SMILES string of the molecule is CC(=O)Nc1ccc(C(=O)C2C(=O)C(=O)N(c3ccc(-c4ccon4)cc3)C2C2CCCCC2)cc1. The first-order valence-corrected chi connectivity index (χ1v) is 12.2. The summed E-state index contributed by atoms with van der Waals surface area (Å²) in [4.78, 5) is 53.2. The van der Waals surface area contributed by atoms with Gasteiger partial charge in [-0.2, -0.15) is 0 Å².